The number of rotatable bonds is 2. The topological polar surface area (TPSA) is 50.4 Å². The van der Waals surface area contributed by atoms with Gasteiger partial charge in [-0.05, 0) is 43.3 Å². The maximum atomic E-state index is 12.8. The monoisotopic (exact) mass is 266 g/mol. The van der Waals surface area contributed by atoms with Gasteiger partial charge in [-0.25, -0.2) is 0 Å². The molecule has 0 aromatic heterocycles. The third kappa shape index (κ3) is 2.32. The van der Waals surface area contributed by atoms with Crippen LogP contribution < -0.4 is 15.4 Å². The fourth-order valence-electron chi connectivity index (χ4n) is 2.35. The number of ether oxygens (including phenoxy) is 1. The highest BCUT2D eigenvalue weighted by molar-refractivity contribution is 5.86. The Labute approximate surface area is 122 Å². The molecule has 3 rings (SSSR count). The summed E-state index contributed by atoms with van der Waals surface area (Å²) in [6, 6.07) is 3.78. The Balaban J connectivity index is 2.13. The second kappa shape index (κ2) is 4.85. The lowest BCUT2D eigenvalue weighted by molar-refractivity contribution is -0.121. The minimum Gasteiger partial charge on any atom is -0.497 e. The van der Waals surface area contributed by atoms with Crippen molar-refractivity contribution in [1.29, 1.82) is 0 Å². The lowest BCUT2D eigenvalue weighted by atomic mass is 9.89. The third-order valence-electron chi connectivity index (χ3n) is 3.36. The molecule has 0 bridgehead atoms. The average Bonchev–Trinajstić information content (AvgIpc) is 2.75. The van der Waals surface area contributed by atoms with Gasteiger partial charge in [0.25, 0.3) is 0 Å². The predicted octanol–water partition coefficient (Wildman–Crippen LogP) is 2.12. The molecule has 3 unspecified atom stereocenters. The summed E-state index contributed by atoms with van der Waals surface area (Å²) in [7, 11) is 1.48. The minimum absolute atomic E-state index is 0.0326. The van der Waals surface area contributed by atoms with E-state index < -0.39 is 30.4 Å². The normalized spacial score (nSPS) is 46.9. The lowest BCUT2D eigenvalue weighted by Crippen LogP contribution is -2.51. The van der Waals surface area contributed by atoms with Crippen LogP contribution in [0.25, 0.3) is 0 Å². The minimum atomic E-state index is -2.31. The summed E-state index contributed by atoms with van der Waals surface area (Å²) in [5, 5.41) is 0.996. The van der Waals surface area contributed by atoms with Crippen molar-refractivity contribution in [2.45, 2.75) is 43.7 Å². The highest BCUT2D eigenvalue weighted by Crippen LogP contribution is 2.33. The Hall–Kier alpha value is -1.55. The van der Waals surface area contributed by atoms with Gasteiger partial charge in [-0.2, -0.15) is 0 Å². The molecule has 1 saturated heterocycles. The van der Waals surface area contributed by atoms with E-state index in [4.69, 9.17) is 13.0 Å². The maximum absolute atomic E-state index is 12.8. The van der Waals surface area contributed by atoms with Gasteiger partial charge >= 0.3 is 0 Å². The van der Waals surface area contributed by atoms with Crippen molar-refractivity contribution in [2.75, 3.05) is 7.11 Å². The van der Waals surface area contributed by atoms with Crippen LogP contribution in [0.3, 0.4) is 0 Å². The summed E-state index contributed by atoms with van der Waals surface area (Å²) >= 11 is 0. The maximum Gasteiger partial charge on any atom is 0.243 e. The third-order valence-corrected chi connectivity index (χ3v) is 3.36. The van der Waals surface area contributed by atoms with Crippen LogP contribution in [0.5, 0.6) is 5.75 Å². The molecule has 4 nitrogen and oxygen atoms in total. The van der Waals surface area contributed by atoms with Crippen LogP contribution in [0.4, 0.5) is 0 Å². The molecular formula is C15H20N2O2. The molecular weight excluding hydrogens is 240 g/mol. The Morgan fingerprint density at radius 2 is 2.26 bits per heavy atom. The highest BCUT2D eigenvalue weighted by Gasteiger charge is 2.44. The Morgan fingerprint density at radius 1 is 1.47 bits per heavy atom. The summed E-state index contributed by atoms with van der Waals surface area (Å²) in [5.41, 5.74) is -1.80. The number of amides is 1. The molecule has 1 saturated carbocycles. The van der Waals surface area contributed by atoms with Crippen LogP contribution in [0.15, 0.2) is 24.3 Å². The summed E-state index contributed by atoms with van der Waals surface area (Å²) in [6.07, 6.45) is -2.75. The number of carbonyl (C=O) groups is 1. The first-order valence-corrected chi connectivity index (χ1v) is 6.33. The molecule has 19 heavy (non-hydrogen) atoms. The molecule has 1 spiro atoms. The highest BCUT2D eigenvalue weighted by atomic mass is 16.5. The summed E-state index contributed by atoms with van der Waals surface area (Å²) in [6.45, 7) is 0. The standard InChI is InChI=1S/C15H20N2O2/c1-19-12-7-5-11(6-8-12)13-14(18)17-15(16-13)9-3-2-4-10-15/h5-8,13,16H,2-4,9-10H2,1H3,(H,17,18)/i3D,9D2,13D/hD2. The van der Waals surface area contributed by atoms with Gasteiger partial charge in [0.15, 0.2) is 1.41 Å². The quantitative estimate of drug-likeness (QED) is 0.862. The van der Waals surface area contributed by atoms with Crippen molar-refractivity contribution < 1.29 is 17.8 Å². The second-order valence-corrected chi connectivity index (χ2v) is 4.66. The first kappa shape index (κ1) is 7.29. The molecule has 0 radical (unpaired) electrons. The van der Waals surface area contributed by atoms with E-state index >= 15 is 0 Å². The van der Waals surface area contributed by atoms with E-state index in [-0.39, 0.29) is 18.4 Å². The predicted molar refractivity (Wildman–Crippen MR) is 72.8 cm³/mol. The number of hydrogen-bond acceptors (Lipinski definition) is 3. The van der Waals surface area contributed by atoms with Crippen molar-refractivity contribution in [3.63, 3.8) is 0 Å². The molecule has 1 aromatic carbocycles. The van der Waals surface area contributed by atoms with Gasteiger partial charge in [-0.3, -0.25) is 10.1 Å². The zero-order valence-corrected chi connectivity index (χ0v) is 10.7. The van der Waals surface area contributed by atoms with E-state index in [0.717, 1.165) is 0 Å². The molecule has 3 atom stereocenters. The van der Waals surface area contributed by atoms with E-state index in [1.165, 1.54) is 19.2 Å². The summed E-state index contributed by atoms with van der Waals surface area (Å²) < 4.78 is 55.1. The molecule has 2 aliphatic rings. The zero-order valence-electron chi connectivity index (χ0n) is 16.7. The molecule has 4 heteroatoms. The Bertz CT molecular complexity index is 687. The van der Waals surface area contributed by atoms with Crippen LogP contribution in [0.1, 0.15) is 49.1 Å². The fraction of sp³-hybridized carbons (Fsp3) is 0.533. The van der Waals surface area contributed by atoms with Crippen molar-refractivity contribution in [3.8, 4) is 5.75 Å². The van der Waals surface area contributed by atoms with Crippen LogP contribution in [0, 0.1) is 0 Å². The summed E-state index contributed by atoms with van der Waals surface area (Å²) in [5.74, 6) is -0.475. The first-order chi connectivity index (χ1) is 11.6. The van der Waals surface area contributed by atoms with E-state index in [1.807, 2.05) is 0 Å². The molecule has 2 fully saturated rings. The van der Waals surface area contributed by atoms with Crippen molar-refractivity contribution in [2.24, 2.45) is 0 Å². The van der Waals surface area contributed by atoms with Crippen molar-refractivity contribution in [1.82, 2.24) is 10.6 Å². The van der Waals surface area contributed by atoms with Gasteiger partial charge in [0.05, 0.1) is 14.1 Å². The second-order valence-electron chi connectivity index (χ2n) is 4.66. The van der Waals surface area contributed by atoms with Gasteiger partial charge in [0, 0.05) is 4.11 Å². The van der Waals surface area contributed by atoms with E-state index in [2.05, 4.69) is 0 Å². The number of methoxy groups -OCH3 is 1. The molecule has 1 heterocycles. The van der Waals surface area contributed by atoms with E-state index in [1.54, 1.807) is 12.1 Å². The molecule has 1 amide bonds. The van der Waals surface area contributed by atoms with Crippen LogP contribution in [-0.2, 0) is 4.79 Å². The Kier molecular flexibility index (Phi) is 1.86. The lowest BCUT2D eigenvalue weighted by Gasteiger charge is -2.33. The summed E-state index contributed by atoms with van der Waals surface area (Å²) in [4.78, 5) is 12.8. The van der Waals surface area contributed by atoms with E-state index in [9.17, 15) is 4.79 Å². The number of nitrogens with one attached hydrogen (secondary N) is 2. The SMILES string of the molecule is [2H]C1CCCC2(N([2H])C(=O)C([2H])(c3ccc(OC)cc3)N2[2H])C1([2H])[2H]. The molecule has 1 aliphatic carbocycles. The smallest absolute Gasteiger partial charge is 0.243 e. The van der Waals surface area contributed by atoms with Gasteiger partial charge in [-0.1, -0.05) is 18.6 Å². The molecule has 102 valence electrons. The molecule has 1 aromatic rings. The van der Waals surface area contributed by atoms with Crippen LogP contribution in [0.2, 0.25) is 2.82 Å². The Morgan fingerprint density at radius 3 is 3.00 bits per heavy atom. The molecule has 1 aliphatic heterocycles. The number of benzene rings is 1. The van der Waals surface area contributed by atoms with Crippen molar-refractivity contribution >= 4 is 5.91 Å². The zero-order chi connectivity index (χ0) is 18.6. The van der Waals surface area contributed by atoms with Gasteiger partial charge in [0.1, 0.15) is 13.2 Å². The number of carbonyl (C=O) groups excluding carboxylic acids is 1. The van der Waals surface area contributed by atoms with Crippen LogP contribution >= 0.6 is 0 Å². The van der Waals surface area contributed by atoms with Gasteiger partial charge in [-0.15, -0.1) is 0 Å². The largest absolute Gasteiger partial charge is 0.497 e. The first-order valence-electron chi connectivity index (χ1n) is 9.30. The van der Waals surface area contributed by atoms with Gasteiger partial charge < -0.3 is 10.0 Å². The molecule has 2 N–H and O–H groups in total. The van der Waals surface area contributed by atoms with E-state index in [0.29, 0.717) is 22.8 Å². The fourth-order valence-corrected chi connectivity index (χ4v) is 2.35. The average molecular weight is 266 g/mol. The number of hydrogen-bond donors (Lipinski definition) is 2. The van der Waals surface area contributed by atoms with Crippen molar-refractivity contribution in [3.05, 3.63) is 29.8 Å². The van der Waals surface area contributed by atoms with Gasteiger partial charge in [0.2, 0.25) is 5.91 Å². The van der Waals surface area contributed by atoms with Crippen LogP contribution in [-0.4, -0.2) is 18.7 Å².